The number of anilines is 1. The van der Waals surface area contributed by atoms with E-state index in [2.05, 4.69) is 10.2 Å². The van der Waals surface area contributed by atoms with Crippen molar-refractivity contribution in [2.24, 2.45) is 0 Å². The minimum absolute atomic E-state index is 0.0952. The van der Waals surface area contributed by atoms with Crippen molar-refractivity contribution in [3.63, 3.8) is 0 Å². The van der Waals surface area contributed by atoms with E-state index in [-0.39, 0.29) is 11.7 Å². The summed E-state index contributed by atoms with van der Waals surface area (Å²) in [5, 5.41) is 3.67. The molecule has 28 heavy (non-hydrogen) atoms. The van der Waals surface area contributed by atoms with Gasteiger partial charge in [-0.1, -0.05) is 41.9 Å². The van der Waals surface area contributed by atoms with Gasteiger partial charge < -0.3 is 10.2 Å². The van der Waals surface area contributed by atoms with Crippen LogP contribution in [0.3, 0.4) is 0 Å². The van der Waals surface area contributed by atoms with Gasteiger partial charge in [-0.15, -0.1) is 0 Å². The van der Waals surface area contributed by atoms with Crippen LogP contribution < -0.4 is 10.2 Å². The Morgan fingerprint density at radius 1 is 1.00 bits per heavy atom. The van der Waals surface area contributed by atoms with Crippen LogP contribution in [-0.2, 0) is 6.42 Å². The number of nitrogens with one attached hydrogen (secondary N) is 1. The van der Waals surface area contributed by atoms with Crippen LogP contribution in [0.25, 0.3) is 11.1 Å². The molecule has 3 aromatic carbocycles. The Kier molecular flexibility index (Phi) is 5.31. The Bertz CT molecular complexity index is 1000. The summed E-state index contributed by atoms with van der Waals surface area (Å²) in [5.41, 5.74) is 4.37. The molecule has 1 amide bonds. The zero-order valence-electron chi connectivity index (χ0n) is 15.3. The maximum atomic E-state index is 13.5. The van der Waals surface area contributed by atoms with Crippen molar-refractivity contribution in [2.45, 2.75) is 12.8 Å². The first-order valence-corrected chi connectivity index (χ1v) is 9.65. The van der Waals surface area contributed by atoms with E-state index in [1.807, 2.05) is 48.5 Å². The Hall–Kier alpha value is -2.85. The molecule has 0 unspecified atom stereocenters. The van der Waals surface area contributed by atoms with Gasteiger partial charge >= 0.3 is 0 Å². The van der Waals surface area contributed by atoms with Crippen molar-refractivity contribution >= 4 is 23.2 Å². The van der Waals surface area contributed by atoms with Crippen LogP contribution >= 0.6 is 11.6 Å². The standard InChI is InChI=1S/C23H20ClFN2O/c24-19-9-6-16(7-10-19)3-2-12-27-15-26-23(28)21-14-18(8-11-22(21)27)17-4-1-5-20(25)13-17/h1,4-11,13-14H,2-3,12,15H2,(H,26,28). The van der Waals surface area contributed by atoms with E-state index in [1.165, 1.54) is 17.7 Å². The molecule has 0 fully saturated rings. The second kappa shape index (κ2) is 8.03. The van der Waals surface area contributed by atoms with Crippen molar-refractivity contribution in [2.75, 3.05) is 18.1 Å². The topological polar surface area (TPSA) is 32.3 Å². The highest BCUT2D eigenvalue weighted by atomic mass is 35.5. The second-order valence-electron chi connectivity index (χ2n) is 6.90. The number of nitrogens with zero attached hydrogens (tertiary/aromatic N) is 1. The molecule has 0 atom stereocenters. The maximum absolute atomic E-state index is 13.5. The number of fused-ring (bicyclic) bond motifs is 1. The van der Waals surface area contributed by atoms with Crippen molar-refractivity contribution in [3.05, 3.63) is 88.7 Å². The monoisotopic (exact) mass is 394 g/mol. The van der Waals surface area contributed by atoms with Gasteiger partial charge in [0.2, 0.25) is 0 Å². The summed E-state index contributed by atoms with van der Waals surface area (Å²) in [6.07, 6.45) is 1.90. The number of hydrogen-bond acceptors (Lipinski definition) is 2. The molecule has 5 heteroatoms. The Balaban J connectivity index is 1.50. The van der Waals surface area contributed by atoms with E-state index < -0.39 is 0 Å². The van der Waals surface area contributed by atoms with E-state index in [0.717, 1.165) is 41.2 Å². The molecule has 142 valence electrons. The molecule has 0 aliphatic carbocycles. The fourth-order valence-corrected chi connectivity index (χ4v) is 3.64. The predicted octanol–water partition coefficient (Wildman–Crippen LogP) is 5.29. The highest BCUT2D eigenvalue weighted by molar-refractivity contribution is 6.30. The van der Waals surface area contributed by atoms with Crippen LogP contribution in [0.4, 0.5) is 10.1 Å². The summed E-state index contributed by atoms with van der Waals surface area (Å²) >= 11 is 5.93. The van der Waals surface area contributed by atoms with Crippen molar-refractivity contribution in [1.82, 2.24) is 5.32 Å². The first-order chi connectivity index (χ1) is 13.6. The second-order valence-corrected chi connectivity index (χ2v) is 7.34. The van der Waals surface area contributed by atoms with Gasteiger partial charge in [-0.05, 0) is 65.9 Å². The van der Waals surface area contributed by atoms with E-state index >= 15 is 0 Å². The third kappa shape index (κ3) is 4.02. The van der Waals surface area contributed by atoms with Gasteiger partial charge in [0.15, 0.2) is 0 Å². The number of carbonyl (C=O) groups excluding carboxylic acids is 1. The Labute approximate surface area is 168 Å². The number of aryl methyl sites for hydroxylation is 1. The molecule has 4 rings (SSSR count). The SMILES string of the molecule is O=C1NCN(CCCc2ccc(Cl)cc2)c2ccc(-c3cccc(F)c3)cc21. The normalized spacial score (nSPS) is 13.2. The van der Waals surface area contributed by atoms with Gasteiger partial charge in [0, 0.05) is 11.6 Å². The first-order valence-electron chi connectivity index (χ1n) is 9.28. The molecule has 3 nitrogen and oxygen atoms in total. The maximum Gasteiger partial charge on any atom is 0.254 e. The number of halogens is 2. The highest BCUT2D eigenvalue weighted by Crippen LogP contribution is 2.30. The van der Waals surface area contributed by atoms with Gasteiger partial charge in [-0.2, -0.15) is 0 Å². The van der Waals surface area contributed by atoms with Crippen LogP contribution in [0.5, 0.6) is 0 Å². The molecule has 1 heterocycles. The summed E-state index contributed by atoms with van der Waals surface area (Å²) in [4.78, 5) is 14.6. The highest BCUT2D eigenvalue weighted by Gasteiger charge is 2.22. The van der Waals surface area contributed by atoms with Gasteiger partial charge in [0.25, 0.3) is 5.91 Å². The van der Waals surface area contributed by atoms with Gasteiger partial charge in [-0.3, -0.25) is 4.79 Å². The van der Waals surface area contributed by atoms with Crippen LogP contribution in [0.15, 0.2) is 66.7 Å². The third-order valence-corrected chi connectivity index (χ3v) is 5.23. The molecule has 1 aliphatic rings. The number of benzene rings is 3. The summed E-state index contributed by atoms with van der Waals surface area (Å²) in [7, 11) is 0. The average molecular weight is 395 g/mol. The van der Waals surface area contributed by atoms with E-state index in [4.69, 9.17) is 11.6 Å². The number of carbonyl (C=O) groups is 1. The molecule has 0 radical (unpaired) electrons. The molecule has 0 aromatic heterocycles. The lowest BCUT2D eigenvalue weighted by molar-refractivity contribution is 0.0947. The van der Waals surface area contributed by atoms with Crippen molar-refractivity contribution in [3.8, 4) is 11.1 Å². The molecular formula is C23H20ClFN2O. The van der Waals surface area contributed by atoms with Gasteiger partial charge in [-0.25, -0.2) is 4.39 Å². The van der Waals surface area contributed by atoms with E-state index in [0.29, 0.717) is 12.2 Å². The zero-order chi connectivity index (χ0) is 19.5. The lowest BCUT2D eigenvalue weighted by Gasteiger charge is -2.31. The number of rotatable bonds is 5. The molecule has 0 saturated heterocycles. The third-order valence-electron chi connectivity index (χ3n) is 4.98. The minimum atomic E-state index is -0.288. The number of amides is 1. The van der Waals surface area contributed by atoms with Crippen LogP contribution in [0.1, 0.15) is 22.3 Å². The van der Waals surface area contributed by atoms with Crippen molar-refractivity contribution < 1.29 is 9.18 Å². The molecular weight excluding hydrogens is 375 g/mol. The van der Waals surface area contributed by atoms with Crippen LogP contribution in [0, 0.1) is 5.82 Å². The predicted molar refractivity (Wildman–Crippen MR) is 111 cm³/mol. The molecule has 0 bridgehead atoms. The summed E-state index contributed by atoms with van der Waals surface area (Å²) in [5.74, 6) is -0.384. The summed E-state index contributed by atoms with van der Waals surface area (Å²) in [6, 6.07) is 20.0. The lowest BCUT2D eigenvalue weighted by Crippen LogP contribution is -2.43. The summed E-state index contributed by atoms with van der Waals surface area (Å²) < 4.78 is 13.5. The van der Waals surface area contributed by atoms with E-state index in [9.17, 15) is 9.18 Å². The molecule has 1 aliphatic heterocycles. The van der Waals surface area contributed by atoms with E-state index in [1.54, 1.807) is 6.07 Å². The fraction of sp³-hybridized carbons (Fsp3) is 0.174. The van der Waals surface area contributed by atoms with Crippen molar-refractivity contribution in [1.29, 1.82) is 0 Å². The fourth-order valence-electron chi connectivity index (χ4n) is 3.51. The number of hydrogen-bond donors (Lipinski definition) is 1. The zero-order valence-corrected chi connectivity index (χ0v) is 16.0. The van der Waals surface area contributed by atoms with Crippen LogP contribution in [-0.4, -0.2) is 19.1 Å². The average Bonchev–Trinajstić information content (AvgIpc) is 2.71. The summed E-state index contributed by atoms with van der Waals surface area (Å²) in [6.45, 7) is 1.32. The Morgan fingerprint density at radius 3 is 2.57 bits per heavy atom. The minimum Gasteiger partial charge on any atom is -0.353 e. The largest absolute Gasteiger partial charge is 0.353 e. The molecule has 0 spiro atoms. The molecule has 3 aromatic rings. The van der Waals surface area contributed by atoms with Gasteiger partial charge in [0.05, 0.1) is 17.9 Å². The van der Waals surface area contributed by atoms with Crippen LogP contribution in [0.2, 0.25) is 5.02 Å². The lowest BCUT2D eigenvalue weighted by atomic mass is 9.99. The molecule has 0 saturated carbocycles. The molecule has 1 N–H and O–H groups in total. The Morgan fingerprint density at radius 2 is 1.79 bits per heavy atom. The smallest absolute Gasteiger partial charge is 0.254 e. The first kappa shape index (κ1) is 18.5. The quantitative estimate of drug-likeness (QED) is 0.638. The van der Waals surface area contributed by atoms with Gasteiger partial charge in [0.1, 0.15) is 5.82 Å².